The molecule has 1 aromatic heterocycles. The second-order valence-electron chi connectivity index (χ2n) is 8.68. The molecule has 0 spiro atoms. The van der Waals surface area contributed by atoms with Gasteiger partial charge >= 0.3 is 0 Å². The number of piperidine rings is 1. The van der Waals surface area contributed by atoms with Crippen molar-refractivity contribution in [3.63, 3.8) is 0 Å². The lowest BCUT2D eigenvalue weighted by Gasteiger charge is -2.41. The van der Waals surface area contributed by atoms with Gasteiger partial charge in [-0.1, -0.05) is 18.6 Å². The Morgan fingerprint density at radius 2 is 1.79 bits per heavy atom. The van der Waals surface area contributed by atoms with Gasteiger partial charge in [-0.15, -0.1) is 0 Å². The minimum atomic E-state index is 0.651. The number of aryl methyl sites for hydroxylation is 1. The van der Waals surface area contributed by atoms with Gasteiger partial charge in [0.2, 0.25) is 0 Å². The summed E-state index contributed by atoms with van der Waals surface area (Å²) in [7, 11) is 0. The van der Waals surface area contributed by atoms with E-state index in [1.807, 2.05) is 0 Å². The first-order valence-corrected chi connectivity index (χ1v) is 11.0. The summed E-state index contributed by atoms with van der Waals surface area (Å²) in [5, 5.41) is 5.08. The maximum atomic E-state index is 5.53. The standard InChI is InChI=1S/C23H32N4O/c1-18-4-2-7-21(16-18)27-17-22(23(24-27)19-5-3-6-19)26-10-8-20(9-11-26)25-12-14-28-15-13-25/h2,4,7,16-17,19-20H,3,5-6,8-15H2,1H3. The molecule has 0 amide bonds. The summed E-state index contributed by atoms with van der Waals surface area (Å²) in [6.07, 6.45) is 8.72. The van der Waals surface area contributed by atoms with Gasteiger partial charge in [-0.2, -0.15) is 5.10 Å². The number of hydrogen-bond donors (Lipinski definition) is 0. The first-order valence-electron chi connectivity index (χ1n) is 11.0. The molecule has 5 heteroatoms. The monoisotopic (exact) mass is 380 g/mol. The normalized spacial score (nSPS) is 22.4. The first kappa shape index (κ1) is 18.2. The molecule has 0 bridgehead atoms. The molecule has 5 rings (SSSR count). The van der Waals surface area contributed by atoms with Crippen LogP contribution in [-0.2, 0) is 4.74 Å². The van der Waals surface area contributed by atoms with Crippen molar-refractivity contribution < 1.29 is 4.74 Å². The number of nitrogens with zero attached hydrogens (tertiary/aromatic N) is 4. The molecule has 0 atom stereocenters. The highest BCUT2D eigenvalue weighted by molar-refractivity contribution is 5.54. The second-order valence-corrected chi connectivity index (χ2v) is 8.68. The maximum absolute atomic E-state index is 5.53. The molecule has 3 fully saturated rings. The fourth-order valence-electron chi connectivity index (χ4n) is 4.91. The van der Waals surface area contributed by atoms with Crippen LogP contribution in [0.2, 0.25) is 0 Å². The Hall–Kier alpha value is -1.85. The number of anilines is 1. The molecule has 0 radical (unpaired) electrons. The van der Waals surface area contributed by atoms with Crippen LogP contribution >= 0.6 is 0 Å². The second kappa shape index (κ2) is 7.88. The fourth-order valence-corrected chi connectivity index (χ4v) is 4.91. The van der Waals surface area contributed by atoms with E-state index in [9.17, 15) is 0 Å². The van der Waals surface area contributed by atoms with Crippen LogP contribution in [0.3, 0.4) is 0 Å². The highest BCUT2D eigenvalue weighted by atomic mass is 16.5. The summed E-state index contributed by atoms with van der Waals surface area (Å²) in [5.41, 5.74) is 5.17. The van der Waals surface area contributed by atoms with Gasteiger partial charge in [-0.05, 0) is 50.3 Å². The first-order chi connectivity index (χ1) is 13.8. The topological polar surface area (TPSA) is 33.5 Å². The molecule has 0 N–H and O–H groups in total. The molecule has 5 nitrogen and oxygen atoms in total. The fraction of sp³-hybridized carbons (Fsp3) is 0.609. The van der Waals surface area contributed by atoms with Gasteiger partial charge in [0.15, 0.2) is 0 Å². The molecular formula is C23H32N4O. The minimum absolute atomic E-state index is 0.651. The Morgan fingerprint density at radius 3 is 2.46 bits per heavy atom. The van der Waals surface area contributed by atoms with E-state index in [-0.39, 0.29) is 0 Å². The van der Waals surface area contributed by atoms with Crippen molar-refractivity contribution in [1.29, 1.82) is 0 Å². The van der Waals surface area contributed by atoms with Gasteiger partial charge in [0.05, 0.1) is 36.5 Å². The van der Waals surface area contributed by atoms with Crippen LogP contribution in [-0.4, -0.2) is 60.1 Å². The van der Waals surface area contributed by atoms with Crippen molar-refractivity contribution in [2.75, 3.05) is 44.3 Å². The Bertz CT molecular complexity index is 799. The zero-order chi connectivity index (χ0) is 18.9. The molecule has 2 saturated heterocycles. The van der Waals surface area contributed by atoms with E-state index in [1.54, 1.807) is 0 Å². The molecule has 1 saturated carbocycles. The van der Waals surface area contributed by atoms with Crippen LogP contribution in [0.25, 0.3) is 5.69 Å². The molecule has 150 valence electrons. The number of benzene rings is 1. The average Bonchev–Trinajstić information content (AvgIpc) is 3.12. The Balaban J connectivity index is 1.35. The summed E-state index contributed by atoms with van der Waals surface area (Å²) in [5.74, 6) is 0.651. The van der Waals surface area contributed by atoms with E-state index in [0.29, 0.717) is 5.92 Å². The third-order valence-electron chi connectivity index (χ3n) is 6.85. The summed E-state index contributed by atoms with van der Waals surface area (Å²) in [4.78, 5) is 5.24. The van der Waals surface area contributed by atoms with E-state index in [1.165, 1.54) is 54.7 Å². The molecule has 1 aliphatic carbocycles. The highest BCUT2D eigenvalue weighted by Crippen LogP contribution is 2.41. The van der Waals surface area contributed by atoms with E-state index in [4.69, 9.17) is 9.84 Å². The number of rotatable bonds is 4. The zero-order valence-electron chi connectivity index (χ0n) is 17.0. The van der Waals surface area contributed by atoms with Crippen LogP contribution in [0.15, 0.2) is 30.5 Å². The van der Waals surface area contributed by atoms with Crippen molar-refractivity contribution in [2.24, 2.45) is 0 Å². The minimum Gasteiger partial charge on any atom is -0.379 e. The molecule has 1 aromatic carbocycles. The summed E-state index contributed by atoms with van der Waals surface area (Å²) in [6.45, 7) is 8.43. The van der Waals surface area contributed by atoms with Crippen LogP contribution in [0.4, 0.5) is 5.69 Å². The molecule has 2 aliphatic heterocycles. The highest BCUT2D eigenvalue weighted by Gasteiger charge is 2.31. The Kier molecular flexibility index (Phi) is 5.12. The predicted molar refractivity (Wildman–Crippen MR) is 113 cm³/mol. The van der Waals surface area contributed by atoms with Gasteiger partial charge in [-0.25, -0.2) is 4.68 Å². The summed E-state index contributed by atoms with van der Waals surface area (Å²) >= 11 is 0. The lowest BCUT2D eigenvalue weighted by Crippen LogP contribution is -2.49. The molecule has 28 heavy (non-hydrogen) atoms. The number of morpholine rings is 1. The van der Waals surface area contributed by atoms with Crippen LogP contribution in [0.1, 0.15) is 49.3 Å². The van der Waals surface area contributed by atoms with E-state index >= 15 is 0 Å². The van der Waals surface area contributed by atoms with Gasteiger partial charge in [0.25, 0.3) is 0 Å². The van der Waals surface area contributed by atoms with Gasteiger partial charge < -0.3 is 9.64 Å². The van der Waals surface area contributed by atoms with Crippen molar-refractivity contribution in [1.82, 2.24) is 14.7 Å². The predicted octanol–water partition coefficient (Wildman–Crippen LogP) is 3.75. The van der Waals surface area contributed by atoms with Crippen LogP contribution < -0.4 is 4.90 Å². The lowest BCUT2D eigenvalue weighted by molar-refractivity contribution is 0.0115. The Labute approximate surface area is 168 Å². The number of aromatic nitrogens is 2. The number of ether oxygens (including phenoxy) is 1. The van der Waals surface area contributed by atoms with Crippen molar-refractivity contribution in [3.8, 4) is 5.69 Å². The quantitative estimate of drug-likeness (QED) is 0.809. The molecular weight excluding hydrogens is 348 g/mol. The SMILES string of the molecule is Cc1cccc(-n2cc(N3CCC(N4CCOCC4)CC3)c(C3CCC3)n2)c1. The van der Waals surface area contributed by atoms with Crippen LogP contribution in [0, 0.1) is 6.92 Å². The van der Waals surface area contributed by atoms with Crippen molar-refractivity contribution in [2.45, 2.75) is 51.0 Å². The van der Waals surface area contributed by atoms with Crippen molar-refractivity contribution in [3.05, 3.63) is 41.7 Å². The van der Waals surface area contributed by atoms with Gasteiger partial charge in [-0.3, -0.25) is 4.90 Å². The average molecular weight is 381 g/mol. The van der Waals surface area contributed by atoms with E-state index < -0.39 is 0 Å². The molecule has 2 aromatic rings. The van der Waals surface area contributed by atoms with E-state index in [2.05, 4.69) is 51.9 Å². The Morgan fingerprint density at radius 1 is 1.00 bits per heavy atom. The zero-order valence-corrected chi connectivity index (χ0v) is 17.0. The number of hydrogen-bond acceptors (Lipinski definition) is 4. The van der Waals surface area contributed by atoms with Crippen LogP contribution in [0.5, 0.6) is 0 Å². The van der Waals surface area contributed by atoms with Crippen molar-refractivity contribution >= 4 is 5.69 Å². The third kappa shape index (κ3) is 3.58. The molecule has 0 unspecified atom stereocenters. The third-order valence-corrected chi connectivity index (χ3v) is 6.85. The summed E-state index contributed by atoms with van der Waals surface area (Å²) in [6, 6.07) is 9.39. The van der Waals surface area contributed by atoms with Gasteiger partial charge in [0, 0.05) is 38.1 Å². The smallest absolute Gasteiger partial charge is 0.0893 e. The van der Waals surface area contributed by atoms with E-state index in [0.717, 1.165) is 45.4 Å². The lowest BCUT2D eigenvalue weighted by atomic mass is 9.82. The molecule has 3 aliphatic rings. The maximum Gasteiger partial charge on any atom is 0.0893 e. The summed E-state index contributed by atoms with van der Waals surface area (Å²) < 4.78 is 7.65. The largest absolute Gasteiger partial charge is 0.379 e. The molecule has 3 heterocycles. The van der Waals surface area contributed by atoms with Gasteiger partial charge in [0.1, 0.15) is 0 Å².